The Hall–Kier alpha value is -2.61. The molecule has 1 amide bonds. The van der Waals surface area contributed by atoms with Gasteiger partial charge in [-0.05, 0) is 73.5 Å². The summed E-state index contributed by atoms with van der Waals surface area (Å²) < 4.78 is 12.2. The van der Waals surface area contributed by atoms with Gasteiger partial charge in [-0.25, -0.2) is 9.59 Å². The van der Waals surface area contributed by atoms with Crippen LogP contribution in [0.3, 0.4) is 0 Å². The molecule has 10 heteroatoms. The molecule has 204 valence electrons. The van der Waals surface area contributed by atoms with Gasteiger partial charge >= 0.3 is 12.1 Å². The van der Waals surface area contributed by atoms with E-state index in [-0.39, 0.29) is 29.5 Å². The number of hydroxylamine groups is 2. The van der Waals surface area contributed by atoms with Gasteiger partial charge in [0.2, 0.25) is 0 Å². The standard InChI is InChI=1S/C27H41N3O6Si/c1-27(2,3)37(4,5)35-12-6-7-23(19-34-24-10-8-20(14-28)9-11-24)25(31)36-30-17-21-13-22(18-30)16-29(15-21)26(32)33/h8-11,21-23H,6-7,12-13,15-19H2,1-5H3,(H,32,33). The molecule has 1 aromatic rings. The molecular weight excluding hydrogens is 490 g/mol. The number of hydrogen-bond donors (Lipinski definition) is 1. The summed E-state index contributed by atoms with van der Waals surface area (Å²) in [7, 11) is -1.87. The summed E-state index contributed by atoms with van der Waals surface area (Å²) >= 11 is 0. The Kier molecular flexibility index (Phi) is 9.61. The molecule has 2 heterocycles. The van der Waals surface area contributed by atoms with E-state index in [2.05, 4.69) is 39.9 Å². The number of ether oxygens (including phenoxy) is 1. The van der Waals surface area contributed by atoms with Crippen LogP contribution in [0.5, 0.6) is 5.75 Å². The van der Waals surface area contributed by atoms with Crippen LogP contribution < -0.4 is 4.74 Å². The minimum atomic E-state index is -1.87. The van der Waals surface area contributed by atoms with Gasteiger partial charge in [-0.2, -0.15) is 5.26 Å². The third kappa shape index (κ3) is 8.19. The number of rotatable bonds is 10. The lowest BCUT2D eigenvalue weighted by Gasteiger charge is -2.43. The molecule has 2 fully saturated rings. The number of carboxylic acid groups (broad SMARTS) is 1. The number of amides is 1. The lowest BCUT2D eigenvalue weighted by atomic mass is 9.86. The van der Waals surface area contributed by atoms with Gasteiger partial charge < -0.3 is 24.0 Å². The second kappa shape index (κ2) is 12.3. The van der Waals surface area contributed by atoms with Gasteiger partial charge in [0.05, 0.1) is 17.6 Å². The highest BCUT2D eigenvalue weighted by Gasteiger charge is 2.39. The fraction of sp³-hybridized carbons (Fsp3) is 0.667. The SMILES string of the molecule is CC(C)(C)[Si](C)(C)OCCCC(COc1ccc(C#N)cc1)C(=O)ON1CC2CC(C1)CN(C(=O)O)C2. The number of nitrogens with zero attached hydrogens (tertiary/aromatic N) is 3. The molecule has 2 aliphatic rings. The highest BCUT2D eigenvalue weighted by molar-refractivity contribution is 6.74. The van der Waals surface area contributed by atoms with Crippen molar-refractivity contribution in [3.63, 3.8) is 0 Å². The molecular formula is C27H41N3O6Si. The first-order chi connectivity index (χ1) is 17.4. The summed E-state index contributed by atoms with van der Waals surface area (Å²) in [5.74, 6) is 0.0908. The van der Waals surface area contributed by atoms with Gasteiger partial charge in [0.1, 0.15) is 12.4 Å². The Morgan fingerprint density at radius 2 is 1.76 bits per heavy atom. The molecule has 0 aromatic heterocycles. The zero-order chi connectivity index (χ0) is 27.2. The van der Waals surface area contributed by atoms with E-state index in [1.807, 2.05) is 0 Å². The number of carbonyl (C=O) groups is 2. The topological polar surface area (TPSA) is 112 Å². The third-order valence-corrected chi connectivity index (χ3v) is 12.3. The van der Waals surface area contributed by atoms with E-state index in [1.54, 1.807) is 29.3 Å². The fourth-order valence-electron chi connectivity index (χ4n) is 4.63. The number of fused-ring (bicyclic) bond motifs is 2. The van der Waals surface area contributed by atoms with Crippen LogP contribution >= 0.6 is 0 Å². The molecule has 2 bridgehead atoms. The molecule has 1 aromatic carbocycles. The quantitative estimate of drug-likeness (QED) is 0.340. The smallest absolute Gasteiger partial charge is 0.407 e. The molecule has 3 unspecified atom stereocenters. The van der Waals surface area contributed by atoms with Crippen LogP contribution in [-0.4, -0.2) is 74.8 Å². The molecule has 2 saturated heterocycles. The molecule has 0 spiro atoms. The first kappa shape index (κ1) is 29.0. The van der Waals surface area contributed by atoms with E-state index >= 15 is 0 Å². The van der Waals surface area contributed by atoms with Crippen molar-refractivity contribution in [2.75, 3.05) is 39.4 Å². The van der Waals surface area contributed by atoms with Crippen molar-refractivity contribution < 1.29 is 28.7 Å². The Morgan fingerprint density at radius 1 is 1.14 bits per heavy atom. The second-order valence-corrected chi connectivity index (χ2v) is 16.6. The number of piperidine rings is 2. The molecule has 37 heavy (non-hydrogen) atoms. The number of hydrogen-bond acceptors (Lipinski definition) is 7. The average Bonchev–Trinajstić information content (AvgIpc) is 2.82. The van der Waals surface area contributed by atoms with Crippen LogP contribution in [0.2, 0.25) is 18.1 Å². The van der Waals surface area contributed by atoms with Crippen molar-refractivity contribution in [1.82, 2.24) is 9.96 Å². The number of nitriles is 1. The van der Waals surface area contributed by atoms with E-state index in [9.17, 15) is 14.7 Å². The molecule has 1 N–H and O–H groups in total. The normalized spacial score (nSPS) is 21.1. The molecule has 3 atom stereocenters. The Labute approximate surface area is 221 Å². The number of carbonyl (C=O) groups excluding carboxylic acids is 1. The van der Waals surface area contributed by atoms with Gasteiger partial charge in [-0.1, -0.05) is 20.8 Å². The van der Waals surface area contributed by atoms with Gasteiger partial charge in [0.15, 0.2) is 8.32 Å². The van der Waals surface area contributed by atoms with E-state index in [0.29, 0.717) is 56.9 Å². The van der Waals surface area contributed by atoms with E-state index in [0.717, 1.165) is 6.42 Å². The highest BCUT2D eigenvalue weighted by Crippen LogP contribution is 2.36. The summed E-state index contributed by atoms with van der Waals surface area (Å²) in [6, 6.07) is 8.90. The second-order valence-electron chi connectivity index (χ2n) is 11.8. The van der Waals surface area contributed by atoms with E-state index in [4.69, 9.17) is 19.3 Å². The van der Waals surface area contributed by atoms with Crippen molar-refractivity contribution in [2.24, 2.45) is 17.8 Å². The van der Waals surface area contributed by atoms with Gasteiger partial charge in [0.25, 0.3) is 0 Å². The van der Waals surface area contributed by atoms with Crippen LogP contribution in [0.4, 0.5) is 4.79 Å². The molecule has 3 rings (SSSR count). The molecule has 2 aliphatic heterocycles. The van der Waals surface area contributed by atoms with Crippen LogP contribution in [0.1, 0.15) is 45.6 Å². The minimum Gasteiger partial charge on any atom is -0.493 e. The van der Waals surface area contributed by atoms with Crippen LogP contribution in [0, 0.1) is 29.1 Å². The van der Waals surface area contributed by atoms with Crippen molar-refractivity contribution in [3.8, 4) is 11.8 Å². The number of benzene rings is 1. The van der Waals surface area contributed by atoms with Crippen molar-refractivity contribution >= 4 is 20.4 Å². The zero-order valence-corrected chi connectivity index (χ0v) is 23.7. The fourth-order valence-corrected chi connectivity index (χ4v) is 5.72. The van der Waals surface area contributed by atoms with Gasteiger partial charge in [-0.15, -0.1) is 5.06 Å². The predicted octanol–water partition coefficient (Wildman–Crippen LogP) is 4.75. The molecule has 9 nitrogen and oxygen atoms in total. The van der Waals surface area contributed by atoms with Gasteiger partial charge in [0, 0.05) is 32.8 Å². The third-order valence-electron chi connectivity index (χ3n) is 7.77. The average molecular weight is 532 g/mol. The maximum absolute atomic E-state index is 13.3. The lowest BCUT2D eigenvalue weighted by Crippen LogP contribution is -2.54. The zero-order valence-electron chi connectivity index (χ0n) is 22.7. The summed E-state index contributed by atoms with van der Waals surface area (Å²) in [5.41, 5.74) is 0.545. The van der Waals surface area contributed by atoms with E-state index in [1.165, 1.54) is 4.90 Å². The maximum atomic E-state index is 13.3. The summed E-state index contributed by atoms with van der Waals surface area (Å²) in [5, 5.41) is 20.2. The Bertz CT molecular complexity index is 958. The molecule has 0 aliphatic carbocycles. The van der Waals surface area contributed by atoms with Gasteiger partial charge in [-0.3, -0.25) is 0 Å². The van der Waals surface area contributed by atoms with Crippen molar-refractivity contribution in [1.29, 1.82) is 5.26 Å². The Balaban J connectivity index is 1.58. The summed E-state index contributed by atoms with van der Waals surface area (Å²) in [4.78, 5) is 31.9. The monoisotopic (exact) mass is 531 g/mol. The van der Waals surface area contributed by atoms with Crippen LogP contribution in [0.15, 0.2) is 24.3 Å². The highest BCUT2D eigenvalue weighted by atomic mass is 28.4. The van der Waals surface area contributed by atoms with Crippen LogP contribution in [0.25, 0.3) is 0 Å². The number of likely N-dealkylation sites (tertiary alicyclic amines) is 1. The first-order valence-corrected chi connectivity index (χ1v) is 16.0. The summed E-state index contributed by atoms with van der Waals surface area (Å²) in [6.07, 6.45) is 1.34. The maximum Gasteiger partial charge on any atom is 0.407 e. The van der Waals surface area contributed by atoms with Crippen molar-refractivity contribution in [2.45, 2.75) is 58.2 Å². The largest absolute Gasteiger partial charge is 0.493 e. The summed E-state index contributed by atoms with van der Waals surface area (Å²) in [6.45, 7) is 13.8. The first-order valence-electron chi connectivity index (χ1n) is 13.1. The van der Waals surface area contributed by atoms with Crippen molar-refractivity contribution in [3.05, 3.63) is 29.8 Å². The Morgan fingerprint density at radius 3 is 2.30 bits per heavy atom. The van der Waals surface area contributed by atoms with E-state index < -0.39 is 20.3 Å². The predicted molar refractivity (Wildman–Crippen MR) is 141 cm³/mol. The lowest BCUT2D eigenvalue weighted by molar-refractivity contribution is -0.213. The molecule has 0 saturated carbocycles. The van der Waals surface area contributed by atoms with Crippen LogP contribution in [-0.2, 0) is 14.1 Å². The minimum absolute atomic E-state index is 0.118. The molecule has 0 radical (unpaired) electrons.